The van der Waals surface area contributed by atoms with Crippen LogP contribution in [0.25, 0.3) is 0 Å². The number of para-hydroxylation sites is 1. The van der Waals surface area contributed by atoms with E-state index in [2.05, 4.69) is 10.00 Å². The number of aromatic nitrogens is 2. The van der Waals surface area contributed by atoms with Crippen LogP contribution in [0.15, 0.2) is 47.6 Å². The molecule has 0 aliphatic carbocycles. The lowest BCUT2D eigenvalue weighted by atomic mass is 10.3. The third-order valence-electron chi connectivity index (χ3n) is 4.45. The monoisotopic (exact) mass is 378 g/mol. The fraction of sp³-hybridized carbons (Fsp3) is 0.500. The van der Waals surface area contributed by atoms with E-state index in [9.17, 15) is 8.42 Å². The van der Waals surface area contributed by atoms with Crippen LogP contribution in [0.4, 0.5) is 0 Å². The Morgan fingerprint density at radius 2 is 1.81 bits per heavy atom. The predicted octanol–water partition coefficient (Wildman–Crippen LogP) is 1.68. The molecule has 0 atom stereocenters. The number of benzene rings is 1. The Hall–Kier alpha value is -1.90. The first-order valence-electron chi connectivity index (χ1n) is 9.02. The molecule has 7 nitrogen and oxygen atoms in total. The number of aryl methyl sites for hydroxylation is 1. The standard InChI is InChI=1S/C18H26N4O3S/c1-2-8-21-16-18(15-19-21)26(23,24)22-11-9-20(10-12-22)13-14-25-17-6-4-3-5-7-17/h3-7,15-16H,2,8-14H2,1H3. The second kappa shape index (κ2) is 8.66. The summed E-state index contributed by atoms with van der Waals surface area (Å²) in [5.74, 6) is 0.859. The van der Waals surface area contributed by atoms with Gasteiger partial charge >= 0.3 is 0 Å². The summed E-state index contributed by atoms with van der Waals surface area (Å²) >= 11 is 0. The van der Waals surface area contributed by atoms with Crippen molar-refractivity contribution in [3.05, 3.63) is 42.7 Å². The van der Waals surface area contributed by atoms with Crippen LogP contribution < -0.4 is 4.74 Å². The van der Waals surface area contributed by atoms with Crippen LogP contribution in [0.3, 0.4) is 0 Å². The van der Waals surface area contributed by atoms with E-state index in [-0.39, 0.29) is 4.90 Å². The van der Waals surface area contributed by atoms with Gasteiger partial charge in [-0.15, -0.1) is 0 Å². The molecule has 1 aromatic heterocycles. The van der Waals surface area contributed by atoms with E-state index < -0.39 is 10.0 Å². The molecule has 0 saturated carbocycles. The molecule has 0 amide bonds. The van der Waals surface area contributed by atoms with Crippen LogP contribution in [-0.2, 0) is 16.6 Å². The van der Waals surface area contributed by atoms with Gasteiger partial charge in [-0.05, 0) is 18.6 Å². The van der Waals surface area contributed by atoms with Crippen molar-refractivity contribution in [2.75, 3.05) is 39.3 Å². The van der Waals surface area contributed by atoms with E-state index >= 15 is 0 Å². The van der Waals surface area contributed by atoms with Gasteiger partial charge in [-0.25, -0.2) is 8.42 Å². The summed E-state index contributed by atoms with van der Waals surface area (Å²) in [6.07, 6.45) is 3.99. The molecule has 1 aliphatic heterocycles. The van der Waals surface area contributed by atoms with Gasteiger partial charge in [0.1, 0.15) is 17.3 Å². The number of ether oxygens (including phenoxy) is 1. The highest BCUT2D eigenvalue weighted by molar-refractivity contribution is 7.89. The zero-order chi connectivity index (χ0) is 18.4. The minimum atomic E-state index is -3.45. The molecule has 8 heteroatoms. The fourth-order valence-corrected chi connectivity index (χ4v) is 4.36. The Morgan fingerprint density at radius 1 is 1.08 bits per heavy atom. The van der Waals surface area contributed by atoms with Crippen molar-refractivity contribution < 1.29 is 13.2 Å². The van der Waals surface area contributed by atoms with E-state index in [4.69, 9.17) is 4.74 Å². The largest absolute Gasteiger partial charge is 0.492 e. The molecule has 0 unspecified atom stereocenters. The quantitative estimate of drug-likeness (QED) is 0.699. The minimum Gasteiger partial charge on any atom is -0.492 e. The highest BCUT2D eigenvalue weighted by Gasteiger charge is 2.29. The fourth-order valence-electron chi connectivity index (χ4n) is 2.98. The van der Waals surface area contributed by atoms with E-state index in [0.717, 1.165) is 25.3 Å². The van der Waals surface area contributed by atoms with Gasteiger partial charge in [-0.1, -0.05) is 25.1 Å². The first-order valence-corrected chi connectivity index (χ1v) is 10.5. The number of piperazine rings is 1. The van der Waals surface area contributed by atoms with Crippen LogP contribution in [0.2, 0.25) is 0 Å². The van der Waals surface area contributed by atoms with Gasteiger partial charge in [0.15, 0.2) is 0 Å². The number of nitrogens with zero attached hydrogens (tertiary/aromatic N) is 4. The summed E-state index contributed by atoms with van der Waals surface area (Å²) in [5.41, 5.74) is 0. The first-order chi connectivity index (χ1) is 12.6. The third-order valence-corrected chi connectivity index (χ3v) is 6.30. The van der Waals surface area contributed by atoms with Gasteiger partial charge < -0.3 is 4.74 Å². The molecule has 0 spiro atoms. The van der Waals surface area contributed by atoms with E-state index in [1.165, 1.54) is 6.20 Å². The number of sulfonamides is 1. The van der Waals surface area contributed by atoms with E-state index in [0.29, 0.717) is 32.8 Å². The van der Waals surface area contributed by atoms with E-state index in [1.807, 2.05) is 37.3 Å². The zero-order valence-electron chi connectivity index (χ0n) is 15.1. The van der Waals surface area contributed by atoms with Gasteiger partial charge in [0, 0.05) is 45.5 Å². The highest BCUT2D eigenvalue weighted by Crippen LogP contribution is 2.17. The summed E-state index contributed by atoms with van der Waals surface area (Å²) in [4.78, 5) is 2.52. The molecule has 2 heterocycles. The molecule has 0 radical (unpaired) electrons. The second-order valence-electron chi connectivity index (χ2n) is 6.35. The Bertz CT molecular complexity index is 784. The van der Waals surface area contributed by atoms with Crippen LogP contribution >= 0.6 is 0 Å². The van der Waals surface area contributed by atoms with Crippen LogP contribution in [0.1, 0.15) is 13.3 Å². The molecule has 1 saturated heterocycles. The van der Waals surface area contributed by atoms with Crippen molar-refractivity contribution in [2.24, 2.45) is 0 Å². The Morgan fingerprint density at radius 3 is 2.50 bits per heavy atom. The predicted molar refractivity (Wildman–Crippen MR) is 99.7 cm³/mol. The summed E-state index contributed by atoms with van der Waals surface area (Å²) in [6.45, 7) is 6.55. The SMILES string of the molecule is CCCn1cc(S(=O)(=O)N2CCN(CCOc3ccccc3)CC2)cn1. The summed E-state index contributed by atoms with van der Waals surface area (Å²) in [6, 6.07) is 9.72. The molecule has 142 valence electrons. The maximum atomic E-state index is 12.7. The Kier molecular flexibility index (Phi) is 6.29. The topological polar surface area (TPSA) is 67.7 Å². The maximum absolute atomic E-state index is 12.7. The van der Waals surface area contributed by atoms with Crippen molar-refractivity contribution in [1.29, 1.82) is 0 Å². The minimum absolute atomic E-state index is 0.284. The van der Waals surface area contributed by atoms with Crippen molar-refractivity contribution >= 4 is 10.0 Å². The summed E-state index contributed by atoms with van der Waals surface area (Å²) < 4.78 is 34.4. The molecular weight excluding hydrogens is 352 g/mol. The highest BCUT2D eigenvalue weighted by atomic mass is 32.2. The van der Waals surface area contributed by atoms with Crippen molar-refractivity contribution in [3.63, 3.8) is 0 Å². The number of rotatable bonds is 8. The second-order valence-corrected chi connectivity index (χ2v) is 8.28. The van der Waals surface area contributed by atoms with Gasteiger partial charge in [0.05, 0.1) is 6.20 Å². The summed E-state index contributed by atoms with van der Waals surface area (Å²) in [5, 5.41) is 4.14. The average molecular weight is 378 g/mol. The molecule has 0 N–H and O–H groups in total. The molecule has 26 heavy (non-hydrogen) atoms. The molecule has 1 aliphatic rings. The van der Waals surface area contributed by atoms with Gasteiger partial charge in [0.2, 0.25) is 10.0 Å². The van der Waals surface area contributed by atoms with E-state index in [1.54, 1.807) is 15.2 Å². The molecular formula is C18H26N4O3S. The smallest absolute Gasteiger partial charge is 0.246 e. The first kappa shape index (κ1) is 18.9. The Labute approximate surface area is 155 Å². The van der Waals surface area contributed by atoms with Crippen LogP contribution in [0, 0.1) is 0 Å². The number of hydrogen-bond donors (Lipinski definition) is 0. The maximum Gasteiger partial charge on any atom is 0.246 e. The zero-order valence-corrected chi connectivity index (χ0v) is 15.9. The molecule has 2 aromatic rings. The Balaban J connectivity index is 1.48. The average Bonchev–Trinajstić information content (AvgIpc) is 3.13. The lowest BCUT2D eigenvalue weighted by molar-refractivity contribution is 0.159. The molecule has 1 fully saturated rings. The van der Waals surface area contributed by atoms with Crippen molar-refractivity contribution in [1.82, 2.24) is 19.0 Å². The van der Waals surface area contributed by atoms with Gasteiger partial charge in [0.25, 0.3) is 0 Å². The molecule has 3 rings (SSSR count). The third kappa shape index (κ3) is 4.63. The van der Waals surface area contributed by atoms with Gasteiger partial charge in [-0.3, -0.25) is 9.58 Å². The summed E-state index contributed by atoms with van der Waals surface area (Å²) in [7, 11) is -3.45. The normalized spacial score (nSPS) is 16.7. The van der Waals surface area contributed by atoms with Crippen molar-refractivity contribution in [2.45, 2.75) is 24.8 Å². The van der Waals surface area contributed by atoms with Crippen LogP contribution in [-0.4, -0.2) is 66.7 Å². The lowest BCUT2D eigenvalue weighted by Gasteiger charge is -2.33. The van der Waals surface area contributed by atoms with Crippen LogP contribution in [0.5, 0.6) is 5.75 Å². The lowest BCUT2D eigenvalue weighted by Crippen LogP contribution is -2.49. The van der Waals surface area contributed by atoms with Gasteiger partial charge in [-0.2, -0.15) is 9.40 Å². The number of hydrogen-bond acceptors (Lipinski definition) is 5. The molecule has 1 aromatic carbocycles. The van der Waals surface area contributed by atoms with Crippen molar-refractivity contribution in [3.8, 4) is 5.75 Å². The molecule has 0 bridgehead atoms.